The largest absolute Gasteiger partial charge is 0.382 e. The van der Waals surface area contributed by atoms with Gasteiger partial charge in [0.05, 0.1) is 31.7 Å². The van der Waals surface area contributed by atoms with E-state index in [1.165, 1.54) is 0 Å². The highest BCUT2D eigenvalue weighted by molar-refractivity contribution is 7.89. The lowest BCUT2D eigenvalue weighted by Gasteiger charge is -2.11. The molecule has 1 aliphatic rings. The minimum Gasteiger partial charge on any atom is -0.382 e. The van der Waals surface area contributed by atoms with Gasteiger partial charge in [0.15, 0.2) is 0 Å². The first-order chi connectivity index (χ1) is 8.14. The van der Waals surface area contributed by atoms with Crippen molar-refractivity contribution in [1.29, 1.82) is 0 Å². The summed E-state index contributed by atoms with van der Waals surface area (Å²) in [6, 6.07) is 0. The zero-order chi connectivity index (χ0) is 12.6. The standard InChI is InChI=1S/C10H21NO5S/c1-14-5-6-15-7-8-17(12,13)11-9-10-3-2-4-16-10/h10-11H,2-9H2,1H3. The second kappa shape index (κ2) is 7.99. The van der Waals surface area contributed by atoms with Gasteiger partial charge >= 0.3 is 0 Å². The number of hydrogen-bond donors (Lipinski definition) is 1. The third kappa shape index (κ3) is 6.95. The van der Waals surface area contributed by atoms with Crippen molar-refractivity contribution in [1.82, 2.24) is 4.72 Å². The van der Waals surface area contributed by atoms with E-state index in [4.69, 9.17) is 14.2 Å². The molecule has 6 nitrogen and oxygen atoms in total. The van der Waals surface area contributed by atoms with E-state index in [1.807, 2.05) is 0 Å². The molecule has 0 spiro atoms. The van der Waals surface area contributed by atoms with Crippen molar-refractivity contribution in [3.05, 3.63) is 0 Å². The Labute approximate surface area is 103 Å². The van der Waals surface area contributed by atoms with E-state index in [1.54, 1.807) is 7.11 Å². The van der Waals surface area contributed by atoms with Crippen molar-refractivity contribution in [3.63, 3.8) is 0 Å². The second-order valence-electron chi connectivity index (χ2n) is 3.91. The molecule has 0 aromatic carbocycles. The zero-order valence-corrected chi connectivity index (χ0v) is 11.0. The first-order valence-electron chi connectivity index (χ1n) is 5.79. The van der Waals surface area contributed by atoms with Crippen molar-refractivity contribution in [2.24, 2.45) is 0 Å². The molecule has 1 unspecified atom stereocenters. The molecule has 1 aliphatic heterocycles. The Morgan fingerprint density at radius 1 is 1.35 bits per heavy atom. The van der Waals surface area contributed by atoms with Crippen molar-refractivity contribution in [3.8, 4) is 0 Å². The topological polar surface area (TPSA) is 73.9 Å². The third-order valence-corrected chi connectivity index (χ3v) is 3.79. The van der Waals surface area contributed by atoms with Crippen LogP contribution in [0.2, 0.25) is 0 Å². The summed E-state index contributed by atoms with van der Waals surface area (Å²) >= 11 is 0. The maximum absolute atomic E-state index is 11.5. The molecule has 1 fully saturated rings. The molecule has 0 radical (unpaired) electrons. The summed E-state index contributed by atoms with van der Waals surface area (Å²) in [5.41, 5.74) is 0. The average molecular weight is 267 g/mol. The van der Waals surface area contributed by atoms with E-state index in [9.17, 15) is 8.42 Å². The summed E-state index contributed by atoms with van der Waals surface area (Å²) in [5, 5.41) is 0. The maximum atomic E-state index is 11.5. The van der Waals surface area contributed by atoms with Gasteiger partial charge in [-0.15, -0.1) is 0 Å². The van der Waals surface area contributed by atoms with E-state index in [0.717, 1.165) is 19.4 Å². The summed E-state index contributed by atoms with van der Waals surface area (Å²) in [7, 11) is -1.68. The van der Waals surface area contributed by atoms with Crippen LogP contribution < -0.4 is 4.72 Å². The summed E-state index contributed by atoms with van der Waals surface area (Å²) in [4.78, 5) is 0. The van der Waals surface area contributed by atoms with Crippen LogP contribution in [0, 0.1) is 0 Å². The van der Waals surface area contributed by atoms with Gasteiger partial charge < -0.3 is 14.2 Å². The summed E-state index contributed by atoms with van der Waals surface area (Å²) < 4.78 is 40.8. The van der Waals surface area contributed by atoms with Crippen molar-refractivity contribution in [2.75, 3.05) is 45.8 Å². The van der Waals surface area contributed by atoms with Gasteiger partial charge in [-0.05, 0) is 12.8 Å². The van der Waals surface area contributed by atoms with E-state index >= 15 is 0 Å². The number of ether oxygens (including phenoxy) is 3. The Balaban J connectivity index is 2.08. The smallest absolute Gasteiger partial charge is 0.213 e. The Bertz CT molecular complexity index is 287. The first kappa shape index (κ1) is 14.8. The predicted molar refractivity (Wildman–Crippen MR) is 63.5 cm³/mol. The molecule has 0 aromatic rings. The Morgan fingerprint density at radius 3 is 2.82 bits per heavy atom. The molecule has 0 amide bonds. The number of hydrogen-bond acceptors (Lipinski definition) is 5. The number of rotatable bonds is 9. The van der Waals surface area contributed by atoms with Gasteiger partial charge in [-0.25, -0.2) is 13.1 Å². The van der Waals surface area contributed by atoms with Gasteiger partial charge in [-0.2, -0.15) is 0 Å². The van der Waals surface area contributed by atoms with Crippen molar-refractivity contribution in [2.45, 2.75) is 18.9 Å². The Kier molecular flexibility index (Phi) is 6.98. The van der Waals surface area contributed by atoms with Crippen LogP contribution in [0.15, 0.2) is 0 Å². The molecule has 7 heteroatoms. The Morgan fingerprint density at radius 2 is 2.18 bits per heavy atom. The molecule has 102 valence electrons. The number of methoxy groups -OCH3 is 1. The monoisotopic (exact) mass is 267 g/mol. The average Bonchev–Trinajstić information content (AvgIpc) is 2.79. The summed E-state index contributed by atoms with van der Waals surface area (Å²) in [6.45, 7) is 2.16. The van der Waals surface area contributed by atoms with Crippen LogP contribution in [0.5, 0.6) is 0 Å². The fourth-order valence-corrected chi connectivity index (χ4v) is 2.43. The van der Waals surface area contributed by atoms with Gasteiger partial charge in [0.1, 0.15) is 0 Å². The molecule has 0 bridgehead atoms. The maximum Gasteiger partial charge on any atom is 0.213 e. The van der Waals surface area contributed by atoms with Crippen LogP contribution >= 0.6 is 0 Å². The molecule has 1 atom stereocenters. The van der Waals surface area contributed by atoms with Crippen LogP contribution in [-0.2, 0) is 24.2 Å². The fourth-order valence-electron chi connectivity index (χ4n) is 1.51. The predicted octanol–water partition coefficient (Wildman–Crippen LogP) is -0.252. The van der Waals surface area contributed by atoms with E-state index in [0.29, 0.717) is 19.8 Å². The summed E-state index contributed by atoms with van der Waals surface area (Å²) in [6.07, 6.45) is 1.96. The molecule has 1 heterocycles. The minimum atomic E-state index is -3.25. The Hall–Kier alpha value is -0.210. The van der Waals surface area contributed by atoms with Gasteiger partial charge in [0, 0.05) is 20.3 Å². The minimum absolute atomic E-state index is 0.0244. The lowest BCUT2D eigenvalue weighted by molar-refractivity contribution is 0.0783. The second-order valence-corrected chi connectivity index (χ2v) is 5.83. The highest BCUT2D eigenvalue weighted by atomic mass is 32.2. The van der Waals surface area contributed by atoms with E-state index in [2.05, 4.69) is 4.72 Å². The van der Waals surface area contributed by atoms with E-state index < -0.39 is 10.0 Å². The van der Waals surface area contributed by atoms with Crippen LogP contribution in [0.25, 0.3) is 0 Å². The first-order valence-corrected chi connectivity index (χ1v) is 7.45. The highest BCUT2D eigenvalue weighted by Gasteiger charge is 2.18. The van der Waals surface area contributed by atoms with Gasteiger partial charge in [-0.1, -0.05) is 0 Å². The van der Waals surface area contributed by atoms with Crippen molar-refractivity contribution < 1.29 is 22.6 Å². The summed E-state index contributed by atoms with van der Waals surface area (Å²) in [5.74, 6) is -0.0244. The normalized spacial score (nSPS) is 20.9. The number of sulfonamides is 1. The van der Waals surface area contributed by atoms with Crippen molar-refractivity contribution >= 4 is 10.0 Å². The molecule has 1 rings (SSSR count). The molecule has 1 N–H and O–H groups in total. The molecular formula is C10H21NO5S. The SMILES string of the molecule is COCCOCCS(=O)(=O)NCC1CCCO1. The van der Waals surface area contributed by atoms with Gasteiger partial charge in [0.2, 0.25) is 10.0 Å². The van der Waals surface area contributed by atoms with Crippen LogP contribution in [0.3, 0.4) is 0 Å². The van der Waals surface area contributed by atoms with Crippen LogP contribution in [-0.4, -0.2) is 60.4 Å². The van der Waals surface area contributed by atoms with Gasteiger partial charge in [-0.3, -0.25) is 0 Å². The molecular weight excluding hydrogens is 246 g/mol. The fraction of sp³-hybridized carbons (Fsp3) is 1.00. The quantitative estimate of drug-likeness (QED) is 0.583. The highest BCUT2D eigenvalue weighted by Crippen LogP contribution is 2.10. The molecule has 0 aliphatic carbocycles. The molecule has 0 saturated carbocycles. The van der Waals surface area contributed by atoms with Crippen LogP contribution in [0.1, 0.15) is 12.8 Å². The molecule has 17 heavy (non-hydrogen) atoms. The lowest BCUT2D eigenvalue weighted by Crippen LogP contribution is -2.34. The van der Waals surface area contributed by atoms with Crippen LogP contribution in [0.4, 0.5) is 0 Å². The van der Waals surface area contributed by atoms with Gasteiger partial charge in [0.25, 0.3) is 0 Å². The lowest BCUT2D eigenvalue weighted by atomic mass is 10.2. The molecule has 0 aromatic heterocycles. The van der Waals surface area contributed by atoms with E-state index in [-0.39, 0.29) is 18.5 Å². The number of nitrogens with one attached hydrogen (secondary N) is 1. The molecule has 1 saturated heterocycles. The zero-order valence-electron chi connectivity index (χ0n) is 10.2. The third-order valence-electron chi connectivity index (χ3n) is 2.48.